The van der Waals surface area contributed by atoms with Gasteiger partial charge in [-0.2, -0.15) is 0 Å². The number of carbonyl (C=O) groups is 2. The average molecular weight is 395 g/mol. The molecule has 2 aliphatic heterocycles. The Bertz CT molecular complexity index is 967. The molecule has 2 aliphatic rings. The monoisotopic (exact) mass is 395 g/mol. The lowest BCUT2D eigenvalue weighted by Crippen LogP contribution is -2.49. The molecule has 1 amide bonds. The van der Waals surface area contributed by atoms with Gasteiger partial charge in [-0.05, 0) is 49.6 Å². The molecular weight excluding hydrogens is 370 g/mol. The number of hydrogen-bond acceptors (Lipinski definition) is 5. The van der Waals surface area contributed by atoms with E-state index >= 15 is 0 Å². The number of benzene rings is 1. The number of nitrogens with one attached hydrogen (secondary N) is 1. The molecule has 3 heterocycles. The molecule has 0 unspecified atom stereocenters. The maximum atomic E-state index is 12.5. The summed E-state index contributed by atoms with van der Waals surface area (Å²) in [7, 11) is 0. The first-order valence-electron chi connectivity index (χ1n) is 10.0. The first kappa shape index (κ1) is 19.4. The number of aromatic nitrogens is 1. The van der Waals surface area contributed by atoms with Crippen LogP contribution < -0.4 is 10.9 Å². The van der Waals surface area contributed by atoms with Crippen molar-refractivity contribution in [3.63, 3.8) is 0 Å². The van der Waals surface area contributed by atoms with Crippen LogP contribution in [0.5, 0.6) is 0 Å². The van der Waals surface area contributed by atoms with Crippen molar-refractivity contribution < 1.29 is 14.3 Å². The molecule has 29 heavy (non-hydrogen) atoms. The van der Waals surface area contributed by atoms with Crippen molar-refractivity contribution in [1.29, 1.82) is 0 Å². The zero-order valence-corrected chi connectivity index (χ0v) is 16.5. The predicted octanol–water partition coefficient (Wildman–Crippen LogP) is 2.08. The first-order chi connectivity index (χ1) is 14.0. The number of piperidine rings is 1. The van der Waals surface area contributed by atoms with Crippen LogP contribution in [0, 0.1) is 5.92 Å². The minimum atomic E-state index is -0.371. The first-order valence-corrected chi connectivity index (χ1v) is 10.0. The number of nitrogens with zero attached hydrogens (tertiary/aromatic N) is 2. The minimum absolute atomic E-state index is 0.0645. The Morgan fingerprint density at radius 1 is 1.10 bits per heavy atom. The summed E-state index contributed by atoms with van der Waals surface area (Å²) in [6, 6.07) is 12.2. The average Bonchev–Trinajstić information content (AvgIpc) is 2.69. The summed E-state index contributed by atoms with van der Waals surface area (Å²) in [5.74, 6) is 0.218. The van der Waals surface area contributed by atoms with Crippen LogP contribution in [-0.4, -0.2) is 47.6 Å². The van der Waals surface area contributed by atoms with Crippen molar-refractivity contribution in [2.24, 2.45) is 5.92 Å². The Hall–Kier alpha value is -2.93. The molecule has 1 fully saturated rings. The molecule has 152 valence electrons. The summed E-state index contributed by atoms with van der Waals surface area (Å²) in [4.78, 5) is 38.5. The quantitative estimate of drug-likeness (QED) is 0.784. The number of pyridine rings is 1. The van der Waals surface area contributed by atoms with Gasteiger partial charge in [0.05, 0.1) is 18.7 Å². The molecule has 7 nitrogen and oxygen atoms in total. The molecule has 1 N–H and O–H groups in total. The van der Waals surface area contributed by atoms with Crippen molar-refractivity contribution in [2.75, 3.05) is 31.6 Å². The van der Waals surface area contributed by atoms with Gasteiger partial charge < -0.3 is 14.6 Å². The van der Waals surface area contributed by atoms with E-state index in [0.717, 1.165) is 31.7 Å². The summed E-state index contributed by atoms with van der Waals surface area (Å²) in [6.07, 6.45) is 1.07. The number of ether oxygens (including phenoxy) is 1. The summed E-state index contributed by atoms with van der Waals surface area (Å²) in [5.41, 5.74) is 2.25. The highest BCUT2D eigenvalue weighted by molar-refractivity contribution is 5.94. The van der Waals surface area contributed by atoms with E-state index in [1.807, 2.05) is 16.7 Å². The second-order valence-corrected chi connectivity index (χ2v) is 7.74. The number of hydrogen-bond donors (Lipinski definition) is 1. The Morgan fingerprint density at radius 3 is 2.66 bits per heavy atom. The van der Waals surface area contributed by atoms with Crippen LogP contribution in [0.15, 0.2) is 47.3 Å². The van der Waals surface area contributed by atoms with Crippen molar-refractivity contribution in [2.45, 2.75) is 25.8 Å². The van der Waals surface area contributed by atoms with Gasteiger partial charge in [-0.25, -0.2) is 4.79 Å². The van der Waals surface area contributed by atoms with Gasteiger partial charge in [-0.1, -0.05) is 6.07 Å². The lowest BCUT2D eigenvalue weighted by atomic mass is 9.83. The topological polar surface area (TPSA) is 80.6 Å². The fourth-order valence-corrected chi connectivity index (χ4v) is 4.43. The molecule has 2 aromatic rings. The second-order valence-electron chi connectivity index (χ2n) is 7.74. The molecule has 0 spiro atoms. The second kappa shape index (κ2) is 8.21. The molecule has 1 aromatic heterocycles. The number of anilines is 1. The number of amides is 1. The highest BCUT2D eigenvalue weighted by Gasteiger charge is 2.34. The standard InChI is InChI=1S/C22H25N3O4/c1-2-29-22(28)16-6-8-18(9-7-16)23-20(26)14-24-11-15-10-17(13-24)19-4-3-5-21(27)25(19)12-15/h3-9,15,17H,2,10-14H2,1H3,(H,23,26)/t15-,17+/m1/s1. The van der Waals surface area contributed by atoms with Gasteiger partial charge in [0.25, 0.3) is 5.56 Å². The van der Waals surface area contributed by atoms with Crippen LogP contribution >= 0.6 is 0 Å². The van der Waals surface area contributed by atoms with Crippen molar-refractivity contribution in [1.82, 2.24) is 9.47 Å². The van der Waals surface area contributed by atoms with Gasteiger partial charge in [-0.15, -0.1) is 0 Å². The van der Waals surface area contributed by atoms with E-state index in [4.69, 9.17) is 4.74 Å². The van der Waals surface area contributed by atoms with Crippen molar-refractivity contribution in [3.05, 3.63) is 64.1 Å². The molecule has 1 aromatic carbocycles. The van der Waals surface area contributed by atoms with Crippen LogP contribution in [-0.2, 0) is 16.1 Å². The Morgan fingerprint density at radius 2 is 1.90 bits per heavy atom. The molecule has 0 saturated carbocycles. The predicted molar refractivity (Wildman–Crippen MR) is 109 cm³/mol. The highest BCUT2D eigenvalue weighted by atomic mass is 16.5. The summed E-state index contributed by atoms with van der Waals surface area (Å²) >= 11 is 0. The maximum Gasteiger partial charge on any atom is 0.338 e. The maximum absolute atomic E-state index is 12.5. The SMILES string of the molecule is CCOC(=O)c1ccc(NC(=O)CN2C[C@H]3C[C@@H](C2)c2cccc(=O)n2C3)cc1. The molecule has 0 radical (unpaired) electrons. The molecule has 0 aliphatic carbocycles. The number of rotatable bonds is 5. The van der Waals surface area contributed by atoms with Crippen LogP contribution in [0.1, 0.15) is 35.3 Å². The fraction of sp³-hybridized carbons (Fsp3) is 0.409. The Labute approximate surface area is 169 Å². The molecule has 4 rings (SSSR count). The fourth-order valence-electron chi connectivity index (χ4n) is 4.43. The smallest absolute Gasteiger partial charge is 0.338 e. The zero-order valence-electron chi connectivity index (χ0n) is 16.5. The number of fused-ring (bicyclic) bond motifs is 4. The summed E-state index contributed by atoms with van der Waals surface area (Å²) < 4.78 is 6.85. The number of likely N-dealkylation sites (tertiary alicyclic amines) is 1. The van der Waals surface area contributed by atoms with E-state index in [2.05, 4.69) is 10.2 Å². The third-order valence-corrected chi connectivity index (χ3v) is 5.60. The van der Waals surface area contributed by atoms with Crippen LogP contribution in [0.4, 0.5) is 5.69 Å². The van der Waals surface area contributed by atoms with E-state index in [0.29, 0.717) is 30.3 Å². The van der Waals surface area contributed by atoms with E-state index in [1.165, 1.54) is 0 Å². The zero-order chi connectivity index (χ0) is 20.4. The van der Waals surface area contributed by atoms with Gasteiger partial charge in [-0.3, -0.25) is 14.5 Å². The van der Waals surface area contributed by atoms with Gasteiger partial charge in [0.15, 0.2) is 0 Å². The summed E-state index contributed by atoms with van der Waals surface area (Å²) in [6.45, 7) is 4.71. The van der Waals surface area contributed by atoms with E-state index in [-0.39, 0.29) is 23.4 Å². The van der Waals surface area contributed by atoms with Gasteiger partial charge in [0.2, 0.25) is 5.91 Å². The minimum Gasteiger partial charge on any atom is -0.462 e. The van der Waals surface area contributed by atoms with E-state index in [1.54, 1.807) is 37.3 Å². The number of esters is 1. The Kier molecular flexibility index (Phi) is 5.49. The van der Waals surface area contributed by atoms with Crippen LogP contribution in [0.3, 0.4) is 0 Å². The third-order valence-electron chi connectivity index (χ3n) is 5.60. The summed E-state index contributed by atoms with van der Waals surface area (Å²) in [5, 5.41) is 2.89. The van der Waals surface area contributed by atoms with Crippen LogP contribution in [0.2, 0.25) is 0 Å². The van der Waals surface area contributed by atoms with Gasteiger partial charge in [0.1, 0.15) is 0 Å². The number of carbonyl (C=O) groups excluding carboxylic acids is 2. The molecule has 7 heteroatoms. The van der Waals surface area contributed by atoms with Gasteiger partial charge in [0, 0.05) is 43.0 Å². The van der Waals surface area contributed by atoms with Crippen molar-refractivity contribution >= 4 is 17.6 Å². The van der Waals surface area contributed by atoms with E-state index < -0.39 is 0 Å². The molecular formula is C22H25N3O4. The Balaban J connectivity index is 1.36. The lowest BCUT2D eigenvalue weighted by molar-refractivity contribution is -0.117. The molecule has 2 bridgehead atoms. The van der Waals surface area contributed by atoms with Gasteiger partial charge >= 0.3 is 5.97 Å². The van der Waals surface area contributed by atoms with Crippen LogP contribution in [0.25, 0.3) is 0 Å². The third kappa shape index (κ3) is 4.24. The molecule has 2 atom stereocenters. The highest BCUT2D eigenvalue weighted by Crippen LogP contribution is 2.34. The van der Waals surface area contributed by atoms with E-state index in [9.17, 15) is 14.4 Å². The lowest BCUT2D eigenvalue weighted by Gasteiger charge is -2.42. The van der Waals surface area contributed by atoms with Crippen molar-refractivity contribution in [3.8, 4) is 0 Å². The normalized spacial score (nSPS) is 20.6. The largest absolute Gasteiger partial charge is 0.462 e. The molecule has 1 saturated heterocycles.